The lowest BCUT2D eigenvalue weighted by molar-refractivity contribution is 0.262. The number of hydrogen-bond donors (Lipinski definition) is 3. The monoisotopic (exact) mass is 265 g/mol. The first-order chi connectivity index (χ1) is 9.70. The Morgan fingerprint density at radius 3 is 2.45 bits per heavy atom. The van der Waals surface area contributed by atoms with Gasteiger partial charge in [-0.15, -0.1) is 0 Å². The van der Waals surface area contributed by atoms with E-state index in [0.29, 0.717) is 0 Å². The van der Waals surface area contributed by atoms with Gasteiger partial charge < -0.3 is 15.6 Å². The van der Waals surface area contributed by atoms with Crippen molar-refractivity contribution in [2.75, 3.05) is 10.6 Å². The summed E-state index contributed by atoms with van der Waals surface area (Å²) in [6, 6.07) is 15.2. The maximum atomic E-state index is 11.9. The van der Waals surface area contributed by atoms with Crippen molar-refractivity contribution in [2.24, 2.45) is 0 Å². The zero-order valence-corrected chi connectivity index (χ0v) is 11.1. The second-order valence-corrected chi connectivity index (χ2v) is 4.72. The van der Waals surface area contributed by atoms with Gasteiger partial charge >= 0.3 is 6.03 Å². The van der Waals surface area contributed by atoms with Crippen LogP contribution in [0.2, 0.25) is 0 Å². The van der Waals surface area contributed by atoms with Crippen LogP contribution >= 0.6 is 0 Å². The van der Waals surface area contributed by atoms with Gasteiger partial charge in [0.25, 0.3) is 0 Å². The largest absolute Gasteiger partial charge is 0.361 e. The number of carbonyl (C=O) groups is 1. The summed E-state index contributed by atoms with van der Waals surface area (Å²) in [5, 5.41) is 6.74. The molecular formula is C16H15N3O. The van der Waals surface area contributed by atoms with Crippen LogP contribution in [0.4, 0.5) is 16.2 Å². The normalized spacial score (nSPS) is 10.4. The van der Waals surface area contributed by atoms with E-state index in [1.54, 1.807) is 0 Å². The number of benzene rings is 2. The molecule has 0 spiro atoms. The lowest BCUT2D eigenvalue weighted by Gasteiger charge is -2.08. The highest BCUT2D eigenvalue weighted by molar-refractivity contribution is 6.00. The van der Waals surface area contributed by atoms with Crippen LogP contribution in [0.5, 0.6) is 0 Å². The van der Waals surface area contributed by atoms with E-state index in [1.807, 2.05) is 61.7 Å². The predicted octanol–water partition coefficient (Wildman–Crippen LogP) is 4.12. The maximum absolute atomic E-state index is 11.9. The lowest BCUT2D eigenvalue weighted by Crippen LogP contribution is -2.19. The van der Waals surface area contributed by atoms with Gasteiger partial charge in [0, 0.05) is 23.1 Å². The quantitative estimate of drug-likeness (QED) is 0.641. The topological polar surface area (TPSA) is 56.9 Å². The van der Waals surface area contributed by atoms with E-state index in [-0.39, 0.29) is 6.03 Å². The number of aromatic amines is 1. The van der Waals surface area contributed by atoms with Crippen LogP contribution in [-0.2, 0) is 0 Å². The number of fused-ring (bicyclic) bond motifs is 1. The first-order valence-corrected chi connectivity index (χ1v) is 6.42. The van der Waals surface area contributed by atoms with Gasteiger partial charge in [0.1, 0.15) is 0 Å². The van der Waals surface area contributed by atoms with Gasteiger partial charge in [0.05, 0.1) is 0 Å². The van der Waals surface area contributed by atoms with Crippen LogP contribution in [0.25, 0.3) is 10.9 Å². The third kappa shape index (κ3) is 2.64. The minimum atomic E-state index is -0.250. The van der Waals surface area contributed by atoms with Crippen LogP contribution in [0, 0.1) is 6.92 Å². The SMILES string of the molecule is Cc1ccc(NC(=O)Nc2ccc3cc[nH]c3c2)cc1. The minimum Gasteiger partial charge on any atom is -0.361 e. The highest BCUT2D eigenvalue weighted by Crippen LogP contribution is 2.18. The summed E-state index contributed by atoms with van der Waals surface area (Å²) in [7, 11) is 0. The van der Waals surface area contributed by atoms with Gasteiger partial charge in [-0.05, 0) is 42.6 Å². The van der Waals surface area contributed by atoms with Gasteiger partial charge in [-0.2, -0.15) is 0 Å². The van der Waals surface area contributed by atoms with E-state index < -0.39 is 0 Å². The second-order valence-electron chi connectivity index (χ2n) is 4.72. The molecule has 3 rings (SSSR count). The van der Waals surface area contributed by atoms with E-state index in [0.717, 1.165) is 27.8 Å². The summed E-state index contributed by atoms with van der Waals surface area (Å²) in [6.07, 6.45) is 1.88. The number of urea groups is 1. The second kappa shape index (κ2) is 5.09. The van der Waals surface area contributed by atoms with E-state index in [2.05, 4.69) is 15.6 Å². The average Bonchev–Trinajstić information content (AvgIpc) is 2.89. The summed E-state index contributed by atoms with van der Waals surface area (Å²) in [5.41, 5.74) is 3.69. The Labute approximate surface area is 116 Å². The van der Waals surface area contributed by atoms with Crippen LogP contribution in [0.3, 0.4) is 0 Å². The number of amides is 2. The maximum Gasteiger partial charge on any atom is 0.323 e. The molecule has 0 saturated carbocycles. The van der Waals surface area contributed by atoms with Gasteiger partial charge in [0.15, 0.2) is 0 Å². The lowest BCUT2D eigenvalue weighted by atomic mass is 10.2. The average molecular weight is 265 g/mol. The summed E-state index contributed by atoms with van der Waals surface area (Å²) >= 11 is 0. The molecule has 1 aromatic heterocycles. The van der Waals surface area contributed by atoms with Crippen molar-refractivity contribution in [3.63, 3.8) is 0 Å². The summed E-state index contributed by atoms with van der Waals surface area (Å²) in [6.45, 7) is 2.01. The molecule has 0 unspecified atom stereocenters. The number of rotatable bonds is 2. The zero-order valence-electron chi connectivity index (χ0n) is 11.1. The molecule has 4 heteroatoms. The van der Waals surface area contributed by atoms with Crippen molar-refractivity contribution in [2.45, 2.75) is 6.92 Å². The Hall–Kier alpha value is -2.75. The Morgan fingerprint density at radius 1 is 0.950 bits per heavy atom. The molecule has 4 nitrogen and oxygen atoms in total. The van der Waals surface area contributed by atoms with Crippen molar-refractivity contribution in [3.05, 3.63) is 60.3 Å². The summed E-state index contributed by atoms with van der Waals surface area (Å²) < 4.78 is 0. The van der Waals surface area contributed by atoms with Crippen LogP contribution in [-0.4, -0.2) is 11.0 Å². The molecule has 20 heavy (non-hydrogen) atoms. The van der Waals surface area contributed by atoms with Crippen molar-refractivity contribution >= 4 is 28.3 Å². The first kappa shape index (κ1) is 12.3. The molecule has 0 saturated heterocycles. The van der Waals surface area contributed by atoms with Gasteiger partial charge in [-0.25, -0.2) is 4.79 Å². The summed E-state index contributed by atoms with van der Waals surface area (Å²) in [5.74, 6) is 0. The molecular weight excluding hydrogens is 250 g/mol. The fraction of sp³-hybridized carbons (Fsp3) is 0.0625. The fourth-order valence-corrected chi connectivity index (χ4v) is 2.06. The number of carbonyl (C=O) groups excluding carboxylic acids is 1. The minimum absolute atomic E-state index is 0.250. The van der Waals surface area contributed by atoms with Crippen molar-refractivity contribution in [1.29, 1.82) is 0 Å². The smallest absolute Gasteiger partial charge is 0.323 e. The number of anilines is 2. The molecule has 3 N–H and O–H groups in total. The zero-order chi connectivity index (χ0) is 13.9. The molecule has 1 heterocycles. The number of hydrogen-bond acceptors (Lipinski definition) is 1. The summed E-state index contributed by atoms with van der Waals surface area (Å²) in [4.78, 5) is 15.0. The van der Waals surface area contributed by atoms with Gasteiger partial charge in [-0.3, -0.25) is 0 Å². The van der Waals surface area contributed by atoms with Gasteiger partial charge in [-0.1, -0.05) is 23.8 Å². The molecule has 0 aliphatic rings. The highest BCUT2D eigenvalue weighted by Gasteiger charge is 2.03. The molecule has 0 aliphatic carbocycles. The Kier molecular flexibility index (Phi) is 3.13. The van der Waals surface area contributed by atoms with E-state index in [1.165, 1.54) is 0 Å². The van der Waals surface area contributed by atoms with E-state index >= 15 is 0 Å². The molecule has 2 amide bonds. The Balaban J connectivity index is 1.70. The number of H-pyrrole nitrogens is 1. The number of aromatic nitrogens is 1. The standard InChI is InChI=1S/C16H15N3O/c1-11-2-5-13(6-3-11)18-16(20)19-14-7-4-12-8-9-17-15(12)10-14/h2-10,17H,1H3,(H2,18,19,20). The van der Waals surface area contributed by atoms with Crippen LogP contribution in [0.1, 0.15) is 5.56 Å². The number of aryl methyl sites for hydroxylation is 1. The highest BCUT2D eigenvalue weighted by atomic mass is 16.2. The first-order valence-electron chi connectivity index (χ1n) is 6.42. The predicted molar refractivity (Wildman–Crippen MR) is 82.1 cm³/mol. The molecule has 0 aliphatic heterocycles. The van der Waals surface area contributed by atoms with Crippen molar-refractivity contribution < 1.29 is 4.79 Å². The van der Waals surface area contributed by atoms with Crippen LogP contribution in [0.15, 0.2) is 54.7 Å². The van der Waals surface area contributed by atoms with Crippen molar-refractivity contribution in [1.82, 2.24) is 4.98 Å². The molecule has 2 aromatic carbocycles. The molecule has 0 bridgehead atoms. The molecule has 0 fully saturated rings. The molecule has 3 aromatic rings. The third-order valence-corrected chi connectivity index (χ3v) is 3.12. The molecule has 0 atom stereocenters. The van der Waals surface area contributed by atoms with Crippen LogP contribution < -0.4 is 10.6 Å². The van der Waals surface area contributed by atoms with Crippen molar-refractivity contribution in [3.8, 4) is 0 Å². The van der Waals surface area contributed by atoms with Gasteiger partial charge in [0.2, 0.25) is 0 Å². The van der Waals surface area contributed by atoms with E-state index in [9.17, 15) is 4.79 Å². The third-order valence-electron chi connectivity index (χ3n) is 3.12. The molecule has 100 valence electrons. The van der Waals surface area contributed by atoms with E-state index in [4.69, 9.17) is 0 Å². The number of nitrogens with one attached hydrogen (secondary N) is 3. The molecule has 0 radical (unpaired) electrons. The fourth-order valence-electron chi connectivity index (χ4n) is 2.06. The Morgan fingerprint density at radius 2 is 1.65 bits per heavy atom. The Bertz CT molecular complexity index is 744.